The van der Waals surface area contributed by atoms with Crippen molar-refractivity contribution in [2.75, 3.05) is 45.9 Å². The summed E-state index contributed by atoms with van der Waals surface area (Å²) in [6.45, 7) is 2.73. The molecule has 7 nitrogen and oxygen atoms in total. The molecule has 1 aliphatic heterocycles. The van der Waals surface area contributed by atoms with Crippen LogP contribution in [0.5, 0.6) is 0 Å². The molecule has 1 aromatic heterocycles. The second-order valence-corrected chi connectivity index (χ2v) is 5.27. The Morgan fingerprint density at radius 3 is 2.90 bits per heavy atom. The first-order valence-electron chi connectivity index (χ1n) is 7.19. The van der Waals surface area contributed by atoms with Crippen LogP contribution in [0.3, 0.4) is 0 Å². The van der Waals surface area contributed by atoms with Gasteiger partial charge in [0, 0.05) is 39.4 Å². The fraction of sp³-hybridized carbons (Fsp3) is 0.714. The zero-order chi connectivity index (χ0) is 15.2. The van der Waals surface area contributed by atoms with Crippen molar-refractivity contribution >= 4 is 5.69 Å². The van der Waals surface area contributed by atoms with Gasteiger partial charge in [-0.15, -0.1) is 0 Å². The number of nitrogens with one attached hydrogen (secondary N) is 1. The molecule has 1 fully saturated rings. The molecule has 0 spiro atoms. The van der Waals surface area contributed by atoms with Gasteiger partial charge in [0.05, 0.1) is 31.1 Å². The van der Waals surface area contributed by atoms with Crippen LogP contribution in [-0.2, 0) is 16.0 Å². The molecule has 0 aromatic carbocycles. The minimum Gasteiger partial charge on any atom is -0.383 e. The second-order valence-electron chi connectivity index (χ2n) is 5.27. The highest BCUT2D eigenvalue weighted by Crippen LogP contribution is 2.19. The monoisotopic (exact) mass is 296 g/mol. The molecule has 118 valence electrons. The largest absolute Gasteiger partial charge is 0.383 e. The molecule has 0 saturated carbocycles. The third-order valence-corrected chi connectivity index (χ3v) is 3.87. The van der Waals surface area contributed by atoms with Crippen LogP contribution in [-0.4, -0.2) is 62.9 Å². The summed E-state index contributed by atoms with van der Waals surface area (Å²) in [5, 5.41) is 7.38. The van der Waals surface area contributed by atoms with Gasteiger partial charge in [0.15, 0.2) is 0 Å². The zero-order valence-corrected chi connectivity index (χ0v) is 12.9. The van der Waals surface area contributed by atoms with E-state index in [4.69, 9.17) is 9.47 Å². The number of likely N-dealkylation sites (N-methyl/N-ethyl adjacent to an activating group) is 1. The van der Waals surface area contributed by atoms with Crippen LogP contribution in [0.15, 0.2) is 17.1 Å². The Bertz CT molecular complexity index is 505. The number of methoxy groups -OCH3 is 2. The predicted molar refractivity (Wildman–Crippen MR) is 80.8 cm³/mol. The summed E-state index contributed by atoms with van der Waals surface area (Å²) in [5.74, 6) is 0. The minimum atomic E-state index is -0.0929. The molecule has 1 N–H and O–H groups in total. The molecular weight excluding hydrogens is 272 g/mol. The summed E-state index contributed by atoms with van der Waals surface area (Å²) in [5.41, 5.74) is 0.772. The van der Waals surface area contributed by atoms with Crippen LogP contribution in [0.25, 0.3) is 0 Å². The van der Waals surface area contributed by atoms with Crippen molar-refractivity contribution in [1.29, 1.82) is 0 Å². The van der Waals surface area contributed by atoms with Crippen LogP contribution in [0, 0.1) is 0 Å². The van der Waals surface area contributed by atoms with Gasteiger partial charge < -0.3 is 19.7 Å². The molecule has 7 heteroatoms. The van der Waals surface area contributed by atoms with Gasteiger partial charge in [-0.3, -0.25) is 4.79 Å². The van der Waals surface area contributed by atoms with Gasteiger partial charge >= 0.3 is 0 Å². The molecule has 1 saturated heterocycles. The maximum absolute atomic E-state index is 12.2. The molecule has 2 rings (SSSR count). The van der Waals surface area contributed by atoms with E-state index in [1.807, 2.05) is 7.05 Å². The van der Waals surface area contributed by atoms with E-state index in [0.29, 0.717) is 13.2 Å². The lowest BCUT2D eigenvalue weighted by atomic mass is 10.3. The Hall–Kier alpha value is -1.44. The van der Waals surface area contributed by atoms with E-state index in [-0.39, 0.29) is 17.7 Å². The van der Waals surface area contributed by atoms with Crippen LogP contribution in [0.4, 0.5) is 5.69 Å². The van der Waals surface area contributed by atoms with Gasteiger partial charge in [0.1, 0.15) is 0 Å². The SMILES string of the molecule is CNC(COC)Cn1ncc(N2CCC(OC)C2)cc1=O. The van der Waals surface area contributed by atoms with Crippen molar-refractivity contribution in [3.05, 3.63) is 22.6 Å². The van der Waals surface area contributed by atoms with Gasteiger partial charge in [-0.2, -0.15) is 5.10 Å². The maximum Gasteiger partial charge on any atom is 0.268 e. The van der Waals surface area contributed by atoms with Crippen LogP contribution in [0.1, 0.15) is 6.42 Å². The van der Waals surface area contributed by atoms with Crippen LogP contribution in [0.2, 0.25) is 0 Å². The molecule has 21 heavy (non-hydrogen) atoms. The Morgan fingerprint density at radius 1 is 1.52 bits per heavy atom. The third-order valence-electron chi connectivity index (χ3n) is 3.87. The molecule has 1 aromatic rings. The summed E-state index contributed by atoms with van der Waals surface area (Å²) >= 11 is 0. The lowest BCUT2D eigenvalue weighted by molar-refractivity contribution is 0.121. The van der Waals surface area contributed by atoms with E-state index in [9.17, 15) is 4.79 Å². The Balaban J connectivity index is 2.05. The lowest BCUT2D eigenvalue weighted by Crippen LogP contribution is -2.38. The topological polar surface area (TPSA) is 68.6 Å². The molecular formula is C14H24N4O3. The predicted octanol–water partition coefficient (Wildman–Crippen LogP) is -0.297. The van der Waals surface area contributed by atoms with Gasteiger partial charge in [-0.05, 0) is 13.5 Å². The summed E-state index contributed by atoms with van der Waals surface area (Å²) in [6, 6.07) is 1.71. The number of aromatic nitrogens is 2. The average molecular weight is 296 g/mol. The first kappa shape index (κ1) is 15.9. The van der Waals surface area contributed by atoms with E-state index in [0.717, 1.165) is 25.2 Å². The zero-order valence-electron chi connectivity index (χ0n) is 12.9. The van der Waals surface area contributed by atoms with Gasteiger partial charge in [-0.25, -0.2) is 4.68 Å². The normalized spacial score (nSPS) is 20.0. The van der Waals surface area contributed by atoms with Gasteiger partial charge in [-0.1, -0.05) is 0 Å². The molecule has 0 bridgehead atoms. The van der Waals surface area contributed by atoms with Crippen molar-refractivity contribution in [1.82, 2.24) is 15.1 Å². The van der Waals surface area contributed by atoms with E-state index in [1.165, 1.54) is 4.68 Å². The molecule has 2 unspecified atom stereocenters. The molecule has 2 atom stereocenters. The average Bonchev–Trinajstić information content (AvgIpc) is 2.97. The van der Waals surface area contributed by atoms with E-state index in [1.54, 1.807) is 26.5 Å². The molecule has 1 aliphatic rings. The number of anilines is 1. The van der Waals surface area contributed by atoms with Crippen molar-refractivity contribution in [2.24, 2.45) is 0 Å². The smallest absolute Gasteiger partial charge is 0.268 e. The number of hydrogen-bond acceptors (Lipinski definition) is 6. The number of nitrogens with zero attached hydrogens (tertiary/aromatic N) is 3. The highest BCUT2D eigenvalue weighted by Gasteiger charge is 2.23. The van der Waals surface area contributed by atoms with Crippen LogP contribution < -0.4 is 15.8 Å². The van der Waals surface area contributed by atoms with Crippen molar-refractivity contribution in [3.63, 3.8) is 0 Å². The quantitative estimate of drug-likeness (QED) is 0.745. The molecule has 2 heterocycles. The van der Waals surface area contributed by atoms with Crippen LogP contribution >= 0.6 is 0 Å². The van der Waals surface area contributed by atoms with Gasteiger partial charge in [0.25, 0.3) is 5.56 Å². The summed E-state index contributed by atoms with van der Waals surface area (Å²) in [6.07, 6.45) is 2.97. The summed E-state index contributed by atoms with van der Waals surface area (Å²) in [7, 11) is 5.21. The van der Waals surface area contributed by atoms with E-state index < -0.39 is 0 Å². The van der Waals surface area contributed by atoms with Crippen molar-refractivity contribution < 1.29 is 9.47 Å². The highest BCUT2D eigenvalue weighted by molar-refractivity contribution is 5.44. The number of rotatable bonds is 7. The third kappa shape index (κ3) is 4.03. The molecule has 0 aliphatic carbocycles. The van der Waals surface area contributed by atoms with E-state index >= 15 is 0 Å². The van der Waals surface area contributed by atoms with Gasteiger partial charge in [0.2, 0.25) is 0 Å². The first-order chi connectivity index (χ1) is 10.2. The number of ether oxygens (including phenoxy) is 2. The van der Waals surface area contributed by atoms with Crippen molar-refractivity contribution in [3.8, 4) is 0 Å². The fourth-order valence-electron chi connectivity index (χ4n) is 2.53. The second kappa shape index (κ2) is 7.53. The number of hydrogen-bond donors (Lipinski definition) is 1. The standard InChI is InChI=1S/C14H24N4O3/c1-15-11(10-20-2)8-18-14(19)6-12(7-16-18)17-5-4-13(9-17)21-3/h6-7,11,13,15H,4-5,8-10H2,1-3H3. The van der Waals surface area contributed by atoms with Crippen molar-refractivity contribution in [2.45, 2.75) is 25.1 Å². The first-order valence-corrected chi connectivity index (χ1v) is 7.19. The summed E-state index contributed by atoms with van der Waals surface area (Å²) in [4.78, 5) is 14.3. The Kier molecular flexibility index (Phi) is 5.72. The maximum atomic E-state index is 12.2. The molecule has 0 amide bonds. The Morgan fingerprint density at radius 2 is 2.33 bits per heavy atom. The highest BCUT2D eigenvalue weighted by atomic mass is 16.5. The summed E-state index contributed by atoms with van der Waals surface area (Å²) < 4.78 is 11.9. The fourth-order valence-corrected chi connectivity index (χ4v) is 2.53. The minimum absolute atomic E-state index is 0.0655. The Labute approximate surface area is 124 Å². The molecule has 0 radical (unpaired) electrons. The van der Waals surface area contributed by atoms with E-state index in [2.05, 4.69) is 15.3 Å². The lowest BCUT2D eigenvalue weighted by Gasteiger charge is -2.19.